The Hall–Kier alpha value is -3.15. The van der Waals surface area contributed by atoms with Gasteiger partial charge in [-0.2, -0.15) is 5.10 Å². The number of hydrogen-bond donors (Lipinski definition) is 1. The molecule has 0 spiro atoms. The zero-order valence-electron chi connectivity index (χ0n) is 13.8. The van der Waals surface area contributed by atoms with Gasteiger partial charge in [-0.25, -0.2) is 10.4 Å². The predicted octanol–water partition coefficient (Wildman–Crippen LogP) is 2.81. The summed E-state index contributed by atoms with van der Waals surface area (Å²) < 4.78 is 7.06. The number of hydrazone groups is 1. The third-order valence-electron chi connectivity index (χ3n) is 3.74. The number of benzene rings is 1. The van der Waals surface area contributed by atoms with Crippen molar-refractivity contribution in [2.24, 2.45) is 5.10 Å². The number of ether oxygens (including phenoxy) is 1. The Morgan fingerprint density at radius 1 is 1.21 bits per heavy atom. The third kappa shape index (κ3) is 2.86. The van der Waals surface area contributed by atoms with Crippen LogP contribution in [0.1, 0.15) is 28.7 Å². The molecule has 6 nitrogen and oxygen atoms in total. The summed E-state index contributed by atoms with van der Waals surface area (Å²) in [7, 11) is 1.60. The van der Waals surface area contributed by atoms with E-state index in [9.17, 15) is 4.79 Å². The summed E-state index contributed by atoms with van der Waals surface area (Å²) in [5.41, 5.74) is 5.95. The van der Waals surface area contributed by atoms with Gasteiger partial charge in [-0.15, -0.1) is 0 Å². The molecule has 0 aliphatic heterocycles. The second-order valence-corrected chi connectivity index (χ2v) is 5.31. The number of nitrogens with one attached hydrogen (secondary N) is 1. The molecular formula is C18H18N4O2. The maximum atomic E-state index is 12.5. The monoisotopic (exact) mass is 322 g/mol. The molecule has 0 atom stereocenters. The zero-order valence-corrected chi connectivity index (χ0v) is 13.8. The van der Waals surface area contributed by atoms with Crippen molar-refractivity contribution in [2.45, 2.75) is 13.8 Å². The van der Waals surface area contributed by atoms with Crippen molar-refractivity contribution in [3.05, 3.63) is 65.6 Å². The topological polar surface area (TPSA) is 68.0 Å². The van der Waals surface area contributed by atoms with Crippen LogP contribution in [0.5, 0.6) is 5.75 Å². The number of hydrogen-bond acceptors (Lipinski definition) is 4. The Kier molecular flexibility index (Phi) is 4.29. The smallest absolute Gasteiger partial charge is 0.290 e. The number of pyridine rings is 1. The molecule has 3 aromatic rings. The van der Waals surface area contributed by atoms with E-state index in [0.29, 0.717) is 22.8 Å². The Balaban J connectivity index is 1.88. The molecule has 24 heavy (non-hydrogen) atoms. The van der Waals surface area contributed by atoms with E-state index in [0.717, 1.165) is 11.2 Å². The molecule has 6 heteroatoms. The quantitative estimate of drug-likeness (QED) is 0.593. The molecule has 0 saturated heterocycles. The highest BCUT2D eigenvalue weighted by Gasteiger charge is 2.16. The fourth-order valence-corrected chi connectivity index (χ4v) is 2.58. The molecule has 0 fully saturated rings. The van der Waals surface area contributed by atoms with E-state index in [-0.39, 0.29) is 5.91 Å². The molecule has 0 radical (unpaired) electrons. The van der Waals surface area contributed by atoms with E-state index >= 15 is 0 Å². The van der Waals surface area contributed by atoms with Gasteiger partial charge in [0.05, 0.1) is 18.5 Å². The van der Waals surface area contributed by atoms with Crippen LogP contribution in [0.4, 0.5) is 0 Å². The third-order valence-corrected chi connectivity index (χ3v) is 3.74. The van der Waals surface area contributed by atoms with Crippen LogP contribution in [0.15, 0.2) is 53.8 Å². The lowest BCUT2D eigenvalue weighted by atomic mass is 10.1. The first-order chi connectivity index (χ1) is 11.6. The second kappa shape index (κ2) is 6.54. The van der Waals surface area contributed by atoms with Crippen molar-refractivity contribution in [1.82, 2.24) is 14.8 Å². The van der Waals surface area contributed by atoms with Crippen LogP contribution in [-0.4, -0.2) is 28.1 Å². The number of nitrogens with zero attached hydrogens (tertiary/aromatic N) is 3. The summed E-state index contributed by atoms with van der Waals surface area (Å²) in [4.78, 5) is 16.9. The number of imidazole rings is 1. The van der Waals surface area contributed by atoms with Crippen molar-refractivity contribution in [1.29, 1.82) is 0 Å². The van der Waals surface area contributed by atoms with Crippen molar-refractivity contribution in [3.8, 4) is 5.75 Å². The maximum Gasteiger partial charge on any atom is 0.290 e. The number of rotatable bonds is 4. The average molecular weight is 322 g/mol. The zero-order chi connectivity index (χ0) is 17.1. The molecule has 1 N–H and O–H groups in total. The lowest BCUT2D eigenvalue weighted by molar-refractivity contribution is 0.0948. The molecule has 3 rings (SSSR count). The van der Waals surface area contributed by atoms with Gasteiger partial charge in [0.2, 0.25) is 0 Å². The van der Waals surface area contributed by atoms with Crippen LogP contribution in [0, 0.1) is 6.92 Å². The number of carbonyl (C=O) groups is 1. The van der Waals surface area contributed by atoms with Crippen molar-refractivity contribution in [3.63, 3.8) is 0 Å². The van der Waals surface area contributed by atoms with Gasteiger partial charge in [-0.1, -0.05) is 18.2 Å². The molecule has 122 valence electrons. The van der Waals surface area contributed by atoms with Gasteiger partial charge in [0.25, 0.3) is 5.91 Å². The van der Waals surface area contributed by atoms with Crippen molar-refractivity contribution in [2.75, 3.05) is 7.11 Å². The van der Waals surface area contributed by atoms with E-state index in [4.69, 9.17) is 4.74 Å². The molecular weight excluding hydrogens is 304 g/mol. The Morgan fingerprint density at radius 3 is 2.75 bits per heavy atom. The lowest BCUT2D eigenvalue weighted by Gasteiger charge is -2.08. The predicted molar refractivity (Wildman–Crippen MR) is 92.6 cm³/mol. The van der Waals surface area contributed by atoms with E-state index in [1.54, 1.807) is 24.6 Å². The molecule has 0 bridgehead atoms. The fraction of sp³-hybridized carbons (Fsp3) is 0.167. The second-order valence-electron chi connectivity index (χ2n) is 5.31. The van der Waals surface area contributed by atoms with Gasteiger partial charge in [0.1, 0.15) is 17.1 Å². The Morgan fingerprint density at radius 2 is 1.96 bits per heavy atom. The highest BCUT2D eigenvalue weighted by Crippen LogP contribution is 2.18. The summed E-state index contributed by atoms with van der Waals surface area (Å²) in [5, 5.41) is 4.20. The first-order valence-electron chi connectivity index (χ1n) is 7.53. The normalized spacial score (nSPS) is 11.5. The summed E-state index contributed by atoms with van der Waals surface area (Å²) in [6.45, 7) is 3.62. The molecule has 0 unspecified atom stereocenters. The van der Waals surface area contributed by atoms with Crippen LogP contribution < -0.4 is 10.2 Å². The van der Waals surface area contributed by atoms with E-state index in [1.807, 2.05) is 49.4 Å². The number of fused-ring (bicyclic) bond motifs is 1. The largest absolute Gasteiger partial charge is 0.496 e. The van der Waals surface area contributed by atoms with Crippen LogP contribution in [0.2, 0.25) is 0 Å². The minimum atomic E-state index is -0.305. The fourth-order valence-electron chi connectivity index (χ4n) is 2.58. The van der Waals surface area contributed by atoms with Crippen molar-refractivity contribution >= 4 is 17.3 Å². The number of carbonyl (C=O) groups excluding carboxylic acids is 1. The van der Waals surface area contributed by atoms with E-state index < -0.39 is 0 Å². The van der Waals surface area contributed by atoms with Crippen LogP contribution in [-0.2, 0) is 0 Å². The van der Waals surface area contributed by atoms with E-state index in [2.05, 4.69) is 15.5 Å². The highest BCUT2D eigenvalue weighted by atomic mass is 16.5. The molecule has 2 aromatic heterocycles. The molecule has 1 aromatic carbocycles. The minimum Gasteiger partial charge on any atom is -0.496 e. The van der Waals surface area contributed by atoms with E-state index in [1.165, 1.54) is 0 Å². The first-order valence-corrected chi connectivity index (χ1v) is 7.53. The minimum absolute atomic E-state index is 0.305. The molecule has 2 heterocycles. The Labute approximate surface area is 139 Å². The number of methoxy groups -OCH3 is 1. The van der Waals surface area contributed by atoms with Gasteiger partial charge in [-0.3, -0.25) is 9.20 Å². The number of aromatic nitrogens is 2. The molecule has 0 aliphatic rings. The van der Waals surface area contributed by atoms with Gasteiger partial charge in [-0.05, 0) is 38.1 Å². The summed E-state index contributed by atoms with van der Waals surface area (Å²) in [6.07, 6.45) is 1.81. The van der Waals surface area contributed by atoms with Gasteiger partial charge >= 0.3 is 0 Å². The number of amides is 1. The summed E-state index contributed by atoms with van der Waals surface area (Å²) >= 11 is 0. The van der Waals surface area contributed by atoms with Gasteiger partial charge < -0.3 is 4.74 Å². The molecule has 1 amide bonds. The standard InChI is InChI=1S/C18H18N4O2/c1-12(14-8-4-5-9-15(14)24-3)20-21-18(23)17-13(2)19-16-10-6-7-11-22(16)17/h4-11H,1-3H3,(H,21,23)/b20-12-. The molecule has 0 aliphatic carbocycles. The van der Waals surface area contributed by atoms with Crippen LogP contribution >= 0.6 is 0 Å². The highest BCUT2D eigenvalue weighted by molar-refractivity contribution is 6.02. The van der Waals surface area contributed by atoms with Crippen LogP contribution in [0.25, 0.3) is 5.65 Å². The van der Waals surface area contributed by atoms with Crippen molar-refractivity contribution < 1.29 is 9.53 Å². The van der Waals surface area contributed by atoms with Crippen LogP contribution in [0.3, 0.4) is 0 Å². The summed E-state index contributed by atoms with van der Waals surface area (Å²) in [5.74, 6) is 0.402. The number of aryl methyl sites for hydroxylation is 1. The Bertz CT molecular complexity index is 928. The van der Waals surface area contributed by atoms with Gasteiger partial charge in [0.15, 0.2) is 0 Å². The first kappa shape index (κ1) is 15.7. The average Bonchev–Trinajstić information content (AvgIpc) is 2.95. The lowest BCUT2D eigenvalue weighted by Crippen LogP contribution is -2.22. The molecule has 0 saturated carbocycles. The summed E-state index contributed by atoms with van der Waals surface area (Å²) in [6, 6.07) is 13.1. The van der Waals surface area contributed by atoms with Gasteiger partial charge in [0, 0.05) is 11.8 Å². The number of para-hydroxylation sites is 1. The SMILES string of the molecule is COc1ccccc1/C(C)=N\NC(=O)c1c(C)nc2ccccn12. The maximum absolute atomic E-state index is 12.5.